The smallest absolute Gasteiger partial charge is 0.406 e. The van der Waals surface area contributed by atoms with Gasteiger partial charge in [0.2, 0.25) is 5.91 Å². The van der Waals surface area contributed by atoms with Gasteiger partial charge >= 0.3 is 12.1 Å². The fourth-order valence-electron chi connectivity index (χ4n) is 3.99. The number of hydrogen-bond acceptors (Lipinski definition) is 7. The number of carbonyl (C=O) groups excluding carboxylic acids is 1. The van der Waals surface area contributed by atoms with E-state index < -0.39 is 29.3 Å². The number of amides is 1. The largest absolute Gasteiger partial charge is 0.573 e. The van der Waals surface area contributed by atoms with Crippen LogP contribution in [0, 0.1) is 0 Å². The van der Waals surface area contributed by atoms with E-state index in [2.05, 4.69) is 20.0 Å². The molecule has 0 unspecified atom stereocenters. The van der Waals surface area contributed by atoms with Crippen LogP contribution in [0.15, 0.2) is 38.9 Å². The molecule has 0 spiro atoms. The zero-order valence-electron chi connectivity index (χ0n) is 18.9. The van der Waals surface area contributed by atoms with E-state index in [1.165, 1.54) is 30.8 Å². The van der Waals surface area contributed by atoms with Gasteiger partial charge in [-0.15, -0.1) is 13.2 Å². The van der Waals surface area contributed by atoms with Crippen LogP contribution in [0.4, 0.5) is 18.9 Å². The van der Waals surface area contributed by atoms with Gasteiger partial charge in [-0.3, -0.25) is 18.7 Å². The summed E-state index contributed by atoms with van der Waals surface area (Å²) in [5.74, 6) is -0.317. The summed E-state index contributed by atoms with van der Waals surface area (Å²) in [6.07, 6.45) is -0.913. The van der Waals surface area contributed by atoms with E-state index >= 15 is 0 Å². The van der Waals surface area contributed by atoms with Gasteiger partial charge < -0.3 is 10.1 Å². The molecule has 2 heterocycles. The lowest BCUT2D eigenvalue weighted by Crippen LogP contribution is -2.38. The molecule has 1 aromatic carbocycles. The second kappa shape index (κ2) is 9.72. The Morgan fingerprint density at radius 3 is 2.40 bits per heavy atom. The number of aromatic nitrogens is 4. The number of rotatable bonds is 6. The van der Waals surface area contributed by atoms with Crippen LogP contribution in [0.2, 0.25) is 0 Å². The molecule has 1 aliphatic carbocycles. The second-order valence-electron chi connectivity index (χ2n) is 8.18. The first-order valence-corrected chi connectivity index (χ1v) is 11.8. The van der Waals surface area contributed by atoms with Crippen molar-refractivity contribution in [3.8, 4) is 5.75 Å². The fraction of sp³-hybridized carbons (Fsp3) is 0.409. The Kier molecular flexibility index (Phi) is 6.88. The number of hydrogen-bond donors (Lipinski definition) is 1. The van der Waals surface area contributed by atoms with Crippen molar-refractivity contribution < 1.29 is 22.7 Å². The minimum Gasteiger partial charge on any atom is -0.406 e. The molecule has 0 atom stereocenters. The fourth-order valence-corrected chi connectivity index (χ4v) is 4.81. The summed E-state index contributed by atoms with van der Waals surface area (Å²) in [6.45, 7) is 0. The highest BCUT2D eigenvalue weighted by molar-refractivity contribution is 8.00. The van der Waals surface area contributed by atoms with Crippen LogP contribution >= 0.6 is 11.8 Å². The zero-order chi connectivity index (χ0) is 25.3. The molecule has 186 valence electrons. The van der Waals surface area contributed by atoms with Gasteiger partial charge in [0, 0.05) is 25.7 Å². The molecule has 1 amide bonds. The Morgan fingerprint density at radius 2 is 1.77 bits per heavy atom. The van der Waals surface area contributed by atoms with Gasteiger partial charge in [-0.05, 0) is 37.1 Å². The maximum absolute atomic E-state index is 12.9. The molecular weight excluding hydrogens is 487 g/mol. The Morgan fingerprint density at radius 1 is 1.11 bits per heavy atom. The number of fused-ring (bicyclic) bond motifs is 1. The average molecular weight is 510 g/mol. The molecular formula is C22H22F3N5O4S. The standard InChI is InChI=1S/C22H22F3N5O4S/c1-29-18-16(20(32)30(2)21(29)33)19(28-17(27-18)12-5-3-4-6-12)35-11-15(31)26-13-7-9-14(10-8-13)34-22(23,24)25/h7-10,12H,3-6,11H2,1-2H3,(H,26,31). The minimum atomic E-state index is -4.81. The van der Waals surface area contributed by atoms with E-state index in [1.807, 2.05) is 0 Å². The van der Waals surface area contributed by atoms with E-state index in [-0.39, 0.29) is 28.4 Å². The first kappa shape index (κ1) is 24.8. The Balaban J connectivity index is 1.58. The molecule has 35 heavy (non-hydrogen) atoms. The number of aryl methyl sites for hydroxylation is 1. The number of alkyl halides is 3. The lowest BCUT2D eigenvalue weighted by atomic mass is 10.1. The number of carbonyl (C=O) groups is 1. The van der Waals surface area contributed by atoms with Crippen molar-refractivity contribution >= 4 is 34.4 Å². The zero-order valence-corrected chi connectivity index (χ0v) is 19.7. The monoisotopic (exact) mass is 509 g/mol. The third-order valence-corrected chi connectivity index (χ3v) is 6.69. The van der Waals surface area contributed by atoms with Crippen molar-refractivity contribution in [1.29, 1.82) is 0 Å². The first-order valence-electron chi connectivity index (χ1n) is 10.8. The van der Waals surface area contributed by atoms with E-state index in [4.69, 9.17) is 0 Å². The highest BCUT2D eigenvalue weighted by Gasteiger charge is 2.31. The number of thioether (sulfide) groups is 1. The van der Waals surface area contributed by atoms with Gasteiger partial charge in [0.05, 0.1) is 5.75 Å². The van der Waals surface area contributed by atoms with Crippen molar-refractivity contribution in [3.05, 3.63) is 50.9 Å². The number of anilines is 1. The van der Waals surface area contributed by atoms with Crippen LogP contribution < -0.4 is 21.3 Å². The summed E-state index contributed by atoms with van der Waals surface area (Å²) in [6, 6.07) is 4.75. The van der Waals surface area contributed by atoms with Gasteiger partial charge in [-0.1, -0.05) is 24.6 Å². The summed E-state index contributed by atoms with van der Waals surface area (Å²) in [5, 5.41) is 3.05. The van der Waals surface area contributed by atoms with Crippen LogP contribution in [-0.4, -0.2) is 37.1 Å². The summed E-state index contributed by atoms with van der Waals surface area (Å²) < 4.78 is 43.0. The van der Waals surface area contributed by atoms with Crippen LogP contribution in [0.5, 0.6) is 5.75 Å². The maximum atomic E-state index is 12.9. The molecule has 0 saturated heterocycles. The first-order chi connectivity index (χ1) is 16.5. The number of ether oxygens (including phenoxy) is 1. The molecule has 3 aromatic rings. The summed E-state index contributed by atoms with van der Waals surface area (Å²) in [5.41, 5.74) is -0.560. The number of nitrogens with zero attached hydrogens (tertiary/aromatic N) is 4. The van der Waals surface area contributed by atoms with Crippen LogP contribution in [0.3, 0.4) is 0 Å². The molecule has 0 radical (unpaired) electrons. The molecule has 1 saturated carbocycles. The van der Waals surface area contributed by atoms with E-state index in [0.717, 1.165) is 54.1 Å². The second-order valence-corrected chi connectivity index (χ2v) is 9.15. The Labute approximate surface area is 201 Å². The normalized spacial score (nSPS) is 14.4. The average Bonchev–Trinajstić information content (AvgIpc) is 3.35. The molecule has 2 aromatic heterocycles. The molecule has 4 rings (SSSR count). The van der Waals surface area contributed by atoms with Gasteiger partial charge in [-0.2, -0.15) is 0 Å². The quantitative estimate of drug-likeness (QED) is 0.401. The summed E-state index contributed by atoms with van der Waals surface area (Å²) in [7, 11) is 2.89. The number of nitrogens with one attached hydrogen (secondary N) is 1. The predicted molar refractivity (Wildman–Crippen MR) is 124 cm³/mol. The van der Waals surface area contributed by atoms with E-state index in [0.29, 0.717) is 10.9 Å². The SMILES string of the molecule is Cn1c(=O)c2c(SCC(=O)Nc3ccc(OC(F)(F)F)cc3)nc(C3CCCC3)nc2n(C)c1=O. The van der Waals surface area contributed by atoms with E-state index in [1.54, 1.807) is 0 Å². The predicted octanol–water partition coefficient (Wildman–Crippen LogP) is 3.31. The molecule has 0 aliphatic heterocycles. The van der Waals surface area contributed by atoms with Crippen LogP contribution in [0.1, 0.15) is 37.4 Å². The third-order valence-electron chi connectivity index (χ3n) is 5.72. The molecule has 9 nitrogen and oxygen atoms in total. The number of halogens is 3. The molecule has 0 bridgehead atoms. The highest BCUT2D eigenvalue weighted by atomic mass is 32.2. The van der Waals surface area contributed by atoms with Crippen molar-refractivity contribution in [2.45, 2.75) is 43.0 Å². The van der Waals surface area contributed by atoms with E-state index in [9.17, 15) is 27.6 Å². The minimum absolute atomic E-state index is 0.115. The third kappa shape index (κ3) is 5.50. The van der Waals surface area contributed by atoms with Gasteiger partial charge in [0.1, 0.15) is 22.0 Å². The maximum Gasteiger partial charge on any atom is 0.573 e. The lowest BCUT2D eigenvalue weighted by molar-refractivity contribution is -0.274. The topological polar surface area (TPSA) is 108 Å². The van der Waals surface area contributed by atoms with Gasteiger partial charge in [-0.25, -0.2) is 14.8 Å². The van der Waals surface area contributed by atoms with Gasteiger partial charge in [0.25, 0.3) is 5.56 Å². The van der Waals surface area contributed by atoms with Gasteiger partial charge in [0.15, 0.2) is 5.65 Å². The van der Waals surface area contributed by atoms with Crippen molar-refractivity contribution in [2.75, 3.05) is 11.1 Å². The van der Waals surface area contributed by atoms with Crippen molar-refractivity contribution in [2.24, 2.45) is 14.1 Å². The molecule has 1 fully saturated rings. The summed E-state index contributed by atoms with van der Waals surface area (Å²) in [4.78, 5) is 47.0. The van der Waals surface area contributed by atoms with Crippen LogP contribution in [0.25, 0.3) is 11.0 Å². The number of benzene rings is 1. The van der Waals surface area contributed by atoms with Crippen LogP contribution in [-0.2, 0) is 18.9 Å². The Bertz CT molecular complexity index is 1380. The lowest BCUT2D eigenvalue weighted by Gasteiger charge is -2.14. The Hall–Kier alpha value is -3.35. The van der Waals surface area contributed by atoms with Crippen molar-refractivity contribution in [3.63, 3.8) is 0 Å². The highest BCUT2D eigenvalue weighted by Crippen LogP contribution is 2.34. The molecule has 1 aliphatic rings. The molecule has 13 heteroatoms. The van der Waals surface area contributed by atoms with Crippen molar-refractivity contribution in [1.82, 2.24) is 19.1 Å². The summed E-state index contributed by atoms with van der Waals surface area (Å²) >= 11 is 1.03. The molecule has 1 N–H and O–H groups in total.